The van der Waals surface area contributed by atoms with Gasteiger partial charge in [-0.1, -0.05) is 0 Å². The molecule has 8 nitrogen and oxygen atoms in total. The molecular weight excluding hydrogens is 344 g/mol. The Hall–Kier alpha value is -2.35. The van der Waals surface area contributed by atoms with E-state index >= 15 is 0 Å². The van der Waals surface area contributed by atoms with Crippen LogP contribution in [0.1, 0.15) is 37.3 Å². The molecule has 2 atom stereocenters. The standard InChI is InChI=1S/C19H28N6O2/c1-2-10-27-17(4-1)12-21-19(20-9-8-16-5-3-11-26-16)24-15-6-7-18-22-14-23-25(18)13-15/h3,5,11,14-15,17H,1-2,4,6-10,12-13H2,(H2,20,21,24). The van der Waals surface area contributed by atoms with E-state index in [0.29, 0.717) is 12.6 Å². The van der Waals surface area contributed by atoms with Gasteiger partial charge in [-0.15, -0.1) is 0 Å². The highest BCUT2D eigenvalue weighted by molar-refractivity contribution is 5.80. The molecule has 0 aromatic carbocycles. The quantitative estimate of drug-likeness (QED) is 0.590. The molecule has 1 fully saturated rings. The molecule has 0 amide bonds. The first-order chi connectivity index (χ1) is 13.4. The molecule has 2 aliphatic rings. The molecule has 0 aliphatic carbocycles. The summed E-state index contributed by atoms with van der Waals surface area (Å²) in [5, 5.41) is 11.3. The third kappa shape index (κ3) is 5.09. The minimum atomic E-state index is 0.232. The summed E-state index contributed by atoms with van der Waals surface area (Å²) < 4.78 is 13.2. The maximum Gasteiger partial charge on any atom is 0.191 e. The molecule has 0 bridgehead atoms. The fourth-order valence-electron chi connectivity index (χ4n) is 3.60. The number of guanidine groups is 1. The molecule has 2 aromatic rings. The van der Waals surface area contributed by atoms with Crippen molar-refractivity contribution in [3.63, 3.8) is 0 Å². The Morgan fingerprint density at radius 3 is 3.19 bits per heavy atom. The van der Waals surface area contributed by atoms with Crippen LogP contribution in [0.2, 0.25) is 0 Å². The molecule has 0 radical (unpaired) electrons. The van der Waals surface area contributed by atoms with E-state index in [-0.39, 0.29) is 6.10 Å². The molecule has 4 rings (SSSR count). The zero-order chi connectivity index (χ0) is 18.3. The number of rotatable bonds is 6. The number of aliphatic imine (C=N–C) groups is 1. The second-order valence-electron chi connectivity index (χ2n) is 7.17. The highest BCUT2D eigenvalue weighted by atomic mass is 16.5. The Bertz CT molecular complexity index is 720. The molecule has 146 valence electrons. The maximum atomic E-state index is 5.82. The molecule has 2 aromatic heterocycles. The fraction of sp³-hybridized carbons (Fsp3) is 0.632. The van der Waals surface area contributed by atoms with Crippen molar-refractivity contribution < 1.29 is 9.15 Å². The molecule has 0 saturated carbocycles. The van der Waals surface area contributed by atoms with Crippen molar-refractivity contribution in [2.75, 3.05) is 19.7 Å². The predicted octanol–water partition coefficient (Wildman–Crippen LogP) is 1.53. The topological polar surface area (TPSA) is 89.5 Å². The van der Waals surface area contributed by atoms with Gasteiger partial charge >= 0.3 is 0 Å². The second-order valence-corrected chi connectivity index (χ2v) is 7.17. The van der Waals surface area contributed by atoms with Crippen molar-refractivity contribution in [3.05, 3.63) is 36.3 Å². The van der Waals surface area contributed by atoms with Crippen LogP contribution in [0.15, 0.2) is 34.1 Å². The molecule has 2 aliphatic heterocycles. The first kappa shape index (κ1) is 18.0. The lowest BCUT2D eigenvalue weighted by Crippen LogP contribution is -2.48. The number of furan rings is 1. The number of hydrogen-bond acceptors (Lipinski definition) is 5. The number of fused-ring (bicyclic) bond motifs is 1. The molecular formula is C19H28N6O2. The van der Waals surface area contributed by atoms with E-state index < -0.39 is 0 Å². The van der Waals surface area contributed by atoms with E-state index in [1.807, 2.05) is 16.8 Å². The maximum absolute atomic E-state index is 5.82. The van der Waals surface area contributed by atoms with Gasteiger partial charge in [-0.2, -0.15) is 5.10 Å². The van der Waals surface area contributed by atoms with E-state index in [0.717, 1.165) is 69.3 Å². The lowest BCUT2D eigenvalue weighted by Gasteiger charge is -2.26. The van der Waals surface area contributed by atoms with Crippen LogP contribution in [-0.4, -0.2) is 52.6 Å². The molecule has 0 spiro atoms. The van der Waals surface area contributed by atoms with Crippen molar-refractivity contribution >= 4 is 5.96 Å². The minimum Gasteiger partial charge on any atom is -0.469 e. The summed E-state index contributed by atoms with van der Waals surface area (Å²) >= 11 is 0. The molecule has 2 unspecified atom stereocenters. The molecule has 1 saturated heterocycles. The number of hydrogen-bond donors (Lipinski definition) is 2. The van der Waals surface area contributed by atoms with Crippen molar-refractivity contribution in [2.45, 2.75) is 57.2 Å². The monoisotopic (exact) mass is 372 g/mol. The van der Waals surface area contributed by atoms with E-state index in [1.165, 1.54) is 6.42 Å². The second kappa shape index (κ2) is 9.03. The van der Waals surface area contributed by atoms with Gasteiger partial charge < -0.3 is 19.8 Å². The fourth-order valence-corrected chi connectivity index (χ4v) is 3.60. The predicted molar refractivity (Wildman–Crippen MR) is 102 cm³/mol. The normalized spacial score (nSPS) is 23.0. The minimum absolute atomic E-state index is 0.232. The zero-order valence-corrected chi connectivity index (χ0v) is 15.6. The Kier molecular flexibility index (Phi) is 6.03. The van der Waals surface area contributed by atoms with Gasteiger partial charge in [0.2, 0.25) is 0 Å². The summed E-state index contributed by atoms with van der Waals surface area (Å²) in [5.74, 6) is 2.87. The zero-order valence-electron chi connectivity index (χ0n) is 15.6. The van der Waals surface area contributed by atoms with Crippen molar-refractivity contribution in [1.82, 2.24) is 25.4 Å². The Morgan fingerprint density at radius 1 is 1.33 bits per heavy atom. The summed E-state index contributed by atoms with van der Waals surface area (Å²) in [6.45, 7) is 3.13. The number of nitrogens with one attached hydrogen (secondary N) is 2. The number of ether oxygens (including phenoxy) is 1. The number of nitrogens with zero attached hydrogens (tertiary/aromatic N) is 4. The summed E-state index contributed by atoms with van der Waals surface area (Å²) in [6, 6.07) is 4.21. The van der Waals surface area contributed by atoms with Crippen LogP contribution >= 0.6 is 0 Å². The van der Waals surface area contributed by atoms with Crippen molar-refractivity contribution in [2.24, 2.45) is 4.99 Å². The van der Waals surface area contributed by atoms with Gasteiger partial charge in [-0.25, -0.2) is 9.67 Å². The number of aromatic nitrogens is 3. The lowest BCUT2D eigenvalue weighted by atomic mass is 10.1. The average molecular weight is 372 g/mol. The Morgan fingerprint density at radius 2 is 2.33 bits per heavy atom. The Balaban J connectivity index is 1.34. The summed E-state index contributed by atoms with van der Waals surface area (Å²) in [4.78, 5) is 9.09. The van der Waals surface area contributed by atoms with Crippen LogP contribution in [-0.2, 0) is 24.1 Å². The summed E-state index contributed by atoms with van der Waals surface area (Å²) in [5.41, 5.74) is 0. The van der Waals surface area contributed by atoms with Crippen LogP contribution in [0.5, 0.6) is 0 Å². The van der Waals surface area contributed by atoms with E-state index in [1.54, 1.807) is 12.6 Å². The number of aryl methyl sites for hydroxylation is 1. The highest BCUT2D eigenvalue weighted by Crippen LogP contribution is 2.13. The third-order valence-electron chi connectivity index (χ3n) is 5.12. The summed E-state index contributed by atoms with van der Waals surface area (Å²) in [7, 11) is 0. The summed E-state index contributed by atoms with van der Waals surface area (Å²) in [6.07, 6.45) is 9.84. The van der Waals surface area contributed by atoms with Gasteiger partial charge in [0.15, 0.2) is 5.96 Å². The van der Waals surface area contributed by atoms with Crippen molar-refractivity contribution in [1.29, 1.82) is 0 Å². The molecule has 8 heteroatoms. The van der Waals surface area contributed by atoms with Gasteiger partial charge in [-0.3, -0.25) is 4.99 Å². The van der Waals surface area contributed by atoms with E-state index in [2.05, 4.69) is 20.7 Å². The van der Waals surface area contributed by atoms with Crippen LogP contribution in [0, 0.1) is 0 Å². The van der Waals surface area contributed by atoms with Crippen LogP contribution in [0.4, 0.5) is 0 Å². The van der Waals surface area contributed by atoms with E-state index in [4.69, 9.17) is 14.1 Å². The Labute approximate surface area is 159 Å². The van der Waals surface area contributed by atoms with Crippen LogP contribution in [0.3, 0.4) is 0 Å². The molecule has 2 N–H and O–H groups in total. The van der Waals surface area contributed by atoms with Gasteiger partial charge in [-0.05, 0) is 37.8 Å². The van der Waals surface area contributed by atoms with Gasteiger partial charge in [0.1, 0.15) is 17.9 Å². The van der Waals surface area contributed by atoms with Gasteiger partial charge in [0.25, 0.3) is 0 Å². The van der Waals surface area contributed by atoms with Crippen molar-refractivity contribution in [3.8, 4) is 0 Å². The van der Waals surface area contributed by atoms with Crippen LogP contribution in [0.25, 0.3) is 0 Å². The largest absolute Gasteiger partial charge is 0.469 e. The molecule has 27 heavy (non-hydrogen) atoms. The van der Waals surface area contributed by atoms with Gasteiger partial charge in [0, 0.05) is 32.0 Å². The first-order valence-corrected chi connectivity index (χ1v) is 9.92. The molecule has 4 heterocycles. The van der Waals surface area contributed by atoms with Crippen LogP contribution < -0.4 is 10.6 Å². The van der Waals surface area contributed by atoms with E-state index in [9.17, 15) is 0 Å². The highest BCUT2D eigenvalue weighted by Gasteiger charge is 2.21. The lowest BCUT2D eigenvalue weighted by molar-refractivity contribution is 0.0224. The first-order valence-electron chi connectivity index (χ1n) is 9.92. The van der Waals surface area contributed by atoms with Gasteiger partial charge in [0.05, 0.1) is 25.5 Å². The smallest absolute Gasteiger partial charge is 0.191 e. The third-order valence-corrected chi connectivity index (χ3v) is 5.12. The average Bonchev–Trinajstić information content (AvgIpc) is 3.38. The SMILES string of the molecule is c1coc(CCNC(=NCC2CCCCO2)NC2CCc3ncnn3C2)c1.